The summed E-state index contributed by atoms with van der Waals surface area (Å²) < 4.78 is 5.86. The van der Waals surface area contributed by atoms with Gasteiger partial charge in [-0.25, -0.2) is 0 Å². The molecule has 0 amide bonds. The van der Waals surface area contributed by atoms with E-state index in [0.717, 1.165) is 24.2 Å². The van der Waals surface area contributed by atoms with E-state index >= 15 is 0 Å². The highest BCUT2D eigenvalue weighted by Gasteiger charge is 2.22. The van der Waals surface area contributed by atoms with E-state index in [1.165, 1.54) is 11.1 Å². The van der Waals surface area contributed by atoms with Crippen molar-refractivity contribution in [3.05, 3.63) is 70.8 Å². The first-order valence-corrected chi connectivity index (χ1v) is 7.89. The second-order valence-corrected chi connectivity index (χ2v) is 5.84. The van der Waals surface area contributed by atoms with Gasteiger partial charge in [-0.1, -0.05) is 48.5 Å². The fourth-order valence-corrected chi connectivity index (χ4v) is 3.03. The van der Waals surface area contributed by atoms with Gasteiger partial charge in [-0.05, 0) is 29.2 Å². The van der Waals surface area contributed by atoms with Crippen molar-refractivity contribution in [1.82, 2.24) is 5.32 Å². The van der Waals surface area contributed by atoms with E-state index in [9.17, 15) is 5.11 Å². The van der Waals surface area contributed by atoms with Crippen molar-refractivity contribution < 1.29 is 9.84 Å². The standard InChI is InChI=1S/C19H23NO2.ClH/c1-14-6-2-3-7-15(14)12-18(21)16-8-4-5-9-17(16)19-13-20-10-11-22-19;/h2-9,18-21H,10-13H2,1H3;1H. The summed E-state index contributed by atoms with van der Waals surface area (Å²) in [6, 6.07) is 16.3. The predicted molar refractivity (Wildman–Crippen MR) is 95.1 cm³/mol. The number of morpholine rings is 1. The molecule has 1 aliphatic heterocycles. The van der Waals surface area contributed by atoms with Gasteiger partial charge < -0.3 is 15.2 Å². The molecule has 1 saturated heterocycles. The van der Waals surface area contributed by atoms with Crippen molar-refractivity contribution in [3.8, 4) is 0 Å². The van der Waals surface area contributed by atoms with E-state index in [1.807, 2.05) is 30.3 Å². The molecule has 0 bridgehead atoms. The number of rotatable bonds is 4. The van der Waals surface area contributed by atoms with E-state index in [2.05, 4.69) is 30.4 Å². The lowest BCUT2D eigenvalue weighted by Crippen LogP contribution is -2.34. The minimum absolute atomic E-state index is 0. The van der Waals surface area contributed by atoms with Gasteiger partial charge in [0.1, 0.15) is 0 Å². The third-order valence-corrected chi connectivity index (χ3v) is 4.30. The molecule has 124 valence electrons. The summed E-state index contributed by atoms with van der Waals surface area (Å²) in [5, 5.41) is 14.1. The second-order valence-electron chi connectivity index (χ2n) is 5.84. The molecule has 23 heavy (non-hydrogen) atoms. The van der Waals surface area contributed by atoms with Crippen LogP contribution in [0, 0.1) is 6.92 Å². The Hall–Kier alpha value is -1.39. The van der Waals surface area contributed by atoms with Crippen molar-refractivity contribution in [2.24, 2.45) is 0 Å². The molecule has 0 spiro atoms. The van der Waals surface area contributed by atoms with Crippen LogP contribution in [-0.4, -0.2) is 24.8 Å². The fourth-order valence-electron chi connectivity index (χ4n) is 3.03. The molecule has 2 unspecified atom stereocenters. The minimum atomic E-state index is -0.511. The van der Waals surface area contributed by atoms with Gasteiger partial charge >= 0.3 is 0 Å². The van der Waals surface area contributed by atoms with Crippen molar-refractivity contribution in [3.63, 3.8) is 0 Å². The van der Waals surface area contributed by atoms with Crippen LogP contribution in [0.15, 0.2) is 48.5 Å². The molecule has 4 heteroatoms. The van der Waals surface area contributed by atoms with Crippen LogP contribution in [0.3, 0.4) is 0 Å². The first-order chi connectivity index (χ1) is 10.8. The average Bonchev–Trinajstić information content (AvgIpc) is 2.58. The van der Waals surface area contributed by atoms with Crippen LogP contribution in [0.4, 0.5) is 0 Å². The van der Waals surface area contributed by atoms with Crippen molar-refractivity contribution >= 4 is 12.4 Å². The molecule has 1 fully saturated rings. The second kappa shape index (κ2) is 8.46. The summed E-state index contributed by atoms with van der Waals surface area (Å²) in [5.41, 5.74) is 4.47. The maximum absolute atomic E-state index is 10.7. The zero-order chi connectivity index (χ0) is 15.4. The molecule has 2 N–H and O–H groups in total. The third kappa shape index (κ3) is 4.33. The van der Waals surface area contributed by atoms with Gasteiger partial charge in [0.15, 0.2) is 0 Å². The number of ether oxygens (including phenoxy) is 1. The zero-order valence-corrected chi connectivity index (χ0v) is 14.2. The van der Waals surface area contributed by atoms with Crippen molar-refractivity contribution in [2.45, 2.75) is 25.6 Å². The van der Waals surface area contributed by atoms with E-state index in [0.29, 0.717) is 13.0 Å². The summed E-state index contributed by atoms with van der Waals surface area (Å²) in [4.78, 5) is 0. The number of aliphatic hydroxyl groups is 1. The highest BCUT2D eigenvalue weighted by atomic mass is 35.5. The minimum Gasteiger partial charge on any atom is -0.388 e. The Balaban J connectivity index is 0.00000192. The number of benzene rings is 2. The molecule has 1 heterocycles. The Morgan fingerprint density at radius 2 is 1.91 bits per heavy atom. The lowest BCUT2D eigenvalue weighted by molar-refractivity contribution is 0.0254. The highest BCUT2D eigenvalue weighted by Crippen LogP contribution is 2.29. The maximum Gasteiger partial charge on any atom is 0.0953 e. The number of aryl methyl sites for hydroxylation is 1. The number of aliphatic hydroxyl groups excluding tert-OH is 1. The van der Waals surface area contributed by atoms with Crippen LogP contribution in [0.5, 0.6) is 0 Å². The fraction of sp³-hybridized carbons (Fsp3) is 0.368. The topological polar surface area (TPSA) is 41.5 Å². The molecular formula is C19H24ClNO2. The van der Waals surface area contributed by atoms with Gasteiger partial charge in [-0.3, -0.25) is 0 Å². The summed E-state index contributed by atoms with van der Waals surface area (Å²) in [7, 11) is 0. The third-order valence-electron chi connectivity index (χ3n) is 4.30. The van der Waals surface area contributed by atoms with Gasteiger partial charge in [0.25, 0.3) is 0 Å². The van der Waals surface area contributed by atoms with E-state index in [1.54, 1.807) is 0 Å². The van der Waals surface area contributed by atoms with Gasteiger partial charge in [0.05, 0.1) is 18.8 Å². The van der Waals surface area contributed by atoms with Crippen LogP contribution in [0.2, 0.25) is 0 Å². The molecule has 0 saturated carbocycles. The van der Waals surface area contributed by atoms with Crippen LogP contribution in [-0.2, 0) is 11.2 Å². The monoisotopic (exact) mass is 333 g/mol. The largest absolute Gasteiger partial charge is 0.388 e. The predicted octanol–water partition coefficient (Wildman–Crippen LogP) is 3.35. The van der Waals surface area contributed by atoms with Gasteiger partial charge in [-0.15, -0.1) is 12.4 Å². The van der Waals surface area contributed by atoms with Crippen molar-refractivity contribution in [1.29, 1.82) is 0 Å². The van der Waals surface area contributed by atoms with Crippen molar-refractivity contribution in [2.75, 3.05) is 19.7 Å². The first-order valence-electron chi connectivity index (χ1n) is 7.89. The highest BCUT2D eigenvalue weighted by molar-refractivity contribution is 5.85. The van der Waals surface area contributed by atoms with Crippen LogP contribution < -0.4 is 5.32 Å². The Labute approximate surface area is 144 Å². The lowest BCUT2D eigenvalue weighted by Gasteiger charge is -2.27. The molecule has 0 radical (unpaired) electrons. The zero-order valence-electron chi connectivity index (χ0n) is 13.4. The molecule has 3 nitrogen and oxygen atoms in total. The lowest BCUT2D eigenvalue weighted by atomic mass is 9.92. The Bertz CT molecular complexity index is 626. The number of nitrogens with one attached hydrogen (secondary N) is 1. The Morgan fingerprint density at radius 3 is 2.65 bits per heavy atom. The molecule has 0 aromatic heterocycles. The van der Waals surface area contributed by atoms with Gasteiger partial charge in [0, 0.05) is 19.5 Å². The maximum atomic E-state index is 10.7. The first kappa shape index (κ1) is 18.0. The summed E-state index contributed by atoms with van der Waals surface area (Å²) >= 11 is 0. The van der Waals surface area contributed by atoms with Gasteiger partial charge in [0.2, 0.25) is 0 Å². The summed E-state index contributed by atoms with van der Waals surface area (Å²) in [5.74, 6) is 0. The van der Waals surface area contributed by atoms with E-state index < -0.39 is 6.10 Å². The molecular weight excluding hydrogens is 310 g/mol. The molecule has 2 aromatic carbocycles. The molecule has 3 rings (SSSR count). The Morgan fingerprint density at radius 1 is 1.17 bits per heavy atom. The van der Waals surface area contributed by atoms with Gasteiger partial charge in [-0.2, -0.15) is 0 Å². The number of halogens is 1. The SMILES string of the molecule is Cc1ccccc1CC(O)c1ccccc1C1CNCCO1.Cl. The number of hydrogen-bond donors (Lipinski definition) is 2. The molecule has 2 atom stereocenters. The summed E-state index contributed by atoms with van der Waals surface area (Å²) in [6.45, 7) is 4.49. The van der Waals surface area contributed by atoms with E-state index in [4.69, 9.17) is 4.74 Å². The average molecular weight is 334 g/mol. The Kier molecular flexibility index (Phi) is 6.60. The molecule has 1 aliphatic rings. The van der Waals surface area contributed by atoms with E-state index in [-0.39, 0.29) is 18.5 Å². The quantitative estimate of drug-likeness (QED) is 0.901. The van der Waals surface area contributed by atoms with Crippen LogP contribution >= 0.6 is 12.4 Å². The normalized spacial score (nSPS) is 19.0. The molecule has 0 aliphatic carbocycles. The van der Waals surface area contributed by atoms with Crippen LogP contribution in [0.1, 0.15) is 34.5 Å². The van der Waals surface area contributed by atoms with Crippen LogP contribution in [0.25, 0.3) is 0 Å². The molecule has 2 aromatic rings. The summed E-state index contributed by atoms with van der Waals surface area (Å²) in [6.07, 6.45) is 0.142. The smallest absolute Gasteiger partial charge is 0.0953 e. The number of hydrogen-bond acceptors (Lipinski definition) is 3.